The number of aromatic nitrogens is 6. The number of halogens is 1. The smallest absolute Gasteiger partial charge is 0.353 e. The fourth-order valence-electron chi connectivity index (χ4n) is 3.08. The molecule has 0 spiro atoms. The zero-order valence-electron chi connectivity index (χ0n) is 19.2. The minimum atomic E-state index is -0.976. The van der Waals surface area contributed by atoms with Crippen molar-refractivity contribution in [3.63, 3.8) is 0 Å². The standard InChI is InChI=1S/C18H17ClN6O.C5H6N2O2/c1-11(22-18(26)17-9-21-12(2)23-17)10-25-6-5-16(24-25)13-3-4-14(8-20)15(19)7-13;1-3-6-2-4(7-3)5(8)9/h3-7,9,11H,10H2,1-2H3,(H,21,23)(H,22,26);2H,1H3,(H,6,7)(H,8,9)/t11-;/m0./s1. The van der Waals surface area contributed by atoms with Crippen molar-refractivity contribution in [3.8, 4) is 17.3 Å². The third-order valence-electron chi connectivity index (χ3n) is 4.75. The first kappa shape index (κ1) is 25.2. The van der Waals surface area contributed by atoms with E-state index in [0.717, 1.165) is 11.3 Å². The summed E-state index contributed by atoms with van der Waals surface area (Å²) in [5.41, 5.74) is 2.58. The molecule has 0 saturated heterocycles. The zero-order chi connectivity index (χ0) is 25.5. The molecular formula is C23H23ClN8O3. The van der Waals surface area contributed by atoms with E-state index in [2.05, 4.69) is 30.4 Å². The number of nitrogens with one attached hydrogen (secondary N) is 3. The summed E-state index contributed by atoms with van der Waals surface area (Å²) >= 11 is 6.08. The van der Waals surface area contributed by atoms with E-state index in [9.17, 15) is 9.59 Å². The first-order valence-corrected chi connectivity index (χ1v) is 10.8. The number of aromatic carboxylic acids is 1. The van der Waals surface area contributed by atoms with Gasteiger partial charge in [-0.05, 0) is 39.0 Å². The van der Waals surface area contributed by atoms with Crippen LogP contribution >= 0.6 is 11.6 Å². The molecule has 180 valence electrons. The number of carbonyl (C=O) groups excluding carboxylic acids is 1. The largest absolute Gasteiger partial charge is 0.477 e. The molecule has 4 N–H and O–H groups in total. The number of carboxylic acids is 1. The first-order chi connectivity index (χ1) is 16.7. The lowest BCUT2D eigenvalue weighted by molar-refractivity contribution is 0.0690. The van der Waals surface area contributed by atoms with E-state index in [1.165, 1.54) is 12.4 Å². The SMILES string of the molecule is Cc1ncc(C(=O)N[C@@H](C)Cn2ccc(-c3ccc(C#N)c(Cl)c3)n2)[nH]1.Cc1ncc(C(=O)O)[nH]1. The Balaban J connectivity index is 0.000000320. The average molecular weight is 495 g/mol. The second-order valence-corrected chi connectivity index (χ2v) is 8.08. The maximum absolute atomic E-state index is 12.1. The third-order valence-corrected chi connectivity index (χ3v) is 5.06. The van der Waals surface area contributed by atoms with Gasteiger partial charge in [0.05, 0.1) is 35.2 Å². The Labute approximate surface area is 205 Å². The molecule has 0 unspecified atom stereocenters. The molecule has 1 amide bonds. The molecule has 3 aromatic heterocycles. The van der Waals surface area contributed by atoms with E-state index in [0.29, 0.717) is 34.5 Å². The van der Waals surface area contributed by atoms with Crippen LogP contribution < -0.4 is 5.32 Å². The van der Waals surface area contributed by atoms with Crippen LogP contribution in [0.4, 0.5) is 0 Å². The normalized spacial score (nSPS) is 11.2. The predicted octanol–water partition coefficient (Wildman–Crippen LogP) is 3.34. The molecule has 0 radical (unpaired) electrons. The van der Waals surface area contributed by atoms with Crippen LogP contribution in [-0.2, 0) is 6.54 Å². The zero-order valence-corrected chi connectivity index (χ0v) is 20.0. The molecule has 0 fully saturated rings. The number of carboxylic acid groups (broad SMARTS) is 1. The van der Waals surface area contributed by atoms with Crippen LogP contribution in [0, 0.1) is 25.2 Å². The third kappa shape index (κ3) is 6.78. The summed E-state index contributed by atoms with van der Waals surface area (Å²) in [7, 11) is 0. The molecule has 0 bridgehead atoms. The summed E-state index contributed by atoms with van der Waals surface area (Å²) in [5, 5.41) is 25.1. The van der Waals surface area contributed by atoms with E-state index < -0.39 is 5.97 Å². The molecule has 0 saturated carbocycles. The van der Waals surface area contributed by atoms with Crippen molar-refractivity contribution >= 4 is 23.5 Å². The minimum absolute atomic E-state index is 0.122. The number of hydrogen-bond donors (Lipinski definition) is 4. The number of nitriles is 1. The molecule has 11 nitrogen and oxygen atoms in total. The van der Waals surface area contributed by atoms with Crippen molar-refractivity contribution in [1.29, 1.82) is 5.26 Å². The Kier molecular flexibility index (Phi) is 8.01. The molecule has 35 heavy (non-hydrogen) atoms. The van der Waals surface area contributed by atoms with E-state index >= 15 is 0 Å². The van der Waals surface area contributed by atoms with Gasteiger partial charge in [-0.2, -0.15) is 10.4 Å². The fourth-order valence-corrected chi connectivity index (χ4v) is 3.30. The van der Waals surface area contributed by atoms with Gasteiger partial charge in [0.25, 0.3) is 5.91 Å². The van der Waals surface area contributed by atoms with Crippen LogP contribution in [0.2, 0.25) is 5.02 Å². The van der Waals surface area contributed by atoms with Crippen molar-refractivity contribution in [2.75, 3.05) is 0 Å². The molecule has 3 heterocycles. The van der Waals surface area contributed by atoms with Crippen LogP contribution in [0.15, 0.2) is 42.9 Å². The molecule has 0 aliphatic rings. The van der Waals surface area contributed by atoms with Gasteiger partial charge < -0.3 is 20.4 Å². The molecule has 0 aliphatic carbocycles. The van der Waals surface area contributed by atoms with E-state index in [4.69, 9.17) is 22.0 Å². The van der Waals surface area contributed by atoms with Crippen molar-refractivity contribution in [2.24, 2.45) is 0 Å². The monoisotopic (exact) mass is 494 g/mol. The Morgan fingerprint density at radius 1 is 1.17 bits per heavy atom. The first-order valence-electron chi connectivity index (χ1n) is 10.5. The molecule has 1 aromatic carbocycles. The van der Waals surface area contributed by atoms with Gasteiger partial charge in [0, 0.05) is 17.8 Å². The Hall–Kier alpha value is -4.43. The highest BCUT2D eigenvalue weighted by Crippen LogP contribution is 2.24. The van der Waals surface area contributed by atoms with Crippen molar-refractivity contribution < 1.29 is 14.7 Å². The van der Waals surface area contributed by atoms with Crippen LogP contribution in [-0.4, -0.2) is 52.7 Å². The van der Waals surface area contributed by atoms with Crippen LogP contribution in [0.3, 0.4) is 0 Å². The topological polar surface area (TPSA) is 165 Å². The van der Waals surface area contributed by atoms with Gasteiger partial charge in [0.1, 0.15) is 29.1 Å². The van der Waals surface area contributed by atoms with Crippen molar-refractivity contribution in [1.82, 2.24) is 35.0 Å². The van der Waals surface area contributed by atoms with Crippen LogP contribution in [0.5, 0.6) is 0 Å². The number of carbonyl (C=O) groups is 2. The second kappa shape index (κ2) is 11.1. The minimum Gasteiger partial charge on any atom is -0.477 e. The number of H-pyrrole nitrogens is 2. The van der Waals surface area contributed by atoms with Gasteiger partial charge in [-0.1, -0.05) is 17.7 Å². The van der Waals surface area contributed by atoms with Crippen molar-refractivity contribution in [3.05, 3.63) is 76.5 Å². The Morgan fingerprint density at radius 3 is 2.34 bits per heavy atom. The fraction of sp³-hybridized carbons (Fsp3) is 0.217. The van der Waals surface area contributed by atoms with Gasteiger partial charge in [0.2, 0.25) is 0 Å². The highest BCUT2D eigenvalue weighted by atomic mass is 35.5. The van der Waals surface area contributed by atoms with Gasteiger partial charge in [-0.3, -0.25) is 9.48 Å². The maximum atomic E-state index is 12.1. The molecular weight excluding hydrogens is 472 g/mol. The average Bonchev–Trinajstić information content (AvgIpc) is 3.55. The maximum Gasteiger partial charge on any atom is 0.353 e. The lowest BCUT2D eigenvalue weighted by Gasteiger charge is -2.13. The summed E-state index contributed by atoms with van der Waals surface area (Å²) < 4.78 is 1.75. The molecule has 12 heteroatoms. The molecule has 0 aliphatic heterocycles. The number of rotatable bonds is 6. The number of nitrogens with zero attached hydrogens (tertiary/aromatic N) is 5. The Morgan fingerprint density at radius 2 is 1.83 bits per heavy atom. The van der Waals surface area contributed by atoms with Crippen molar-refractivity contribution in [2.45, 2.75) is 33.4 Å². The van der Waals surface area contributed by atoms with E-state index in [-0.39, 0.29) is 17.6 Å². The number of amides is 1. The second-order valence-electron chi connectivity index (χ2n) is 7.67. The highest BCUT2D eigenvalue weighted by molar-refractivity contribution is 6.32. The Bertz CT molecular complexity index is 1380. The lowest BCUT2D eigenvalue weighted by atomic mass is 10.1. The van der Waals surface area contributed by atoms with Crippen LogP contribution in [0.1, 0.15) is 45.1 Å². The summed E-state index contributed by atoms with van der Waals surface area (Å²) in [5.74, 6) is 0.132. The van der Waals surface area contributed by atoms with E-state index in [1.807, 2.05) is 31.3 Å². The summed E-state index contributed by atoms with van der Waals surface area (Å²) in [4.78, 5) is 35.5. The van der Waals surface area contributed by atoms with Gasteiger partial charge in [-0.15, -0.1) is 0 Å². The summed E-state index contributed by atoms with van der Waals surface area (Å²) in [6.45, 7) is 5.91. The summed E-state index contributed by atoms with van der Waals surface area (Å²) in [6, 6.07) is 8.98. The highest BCUT2D eigenvalue weighted by Gasteiger charge is 2.13. The number of hydrogen-bond acceptors (Lipinski definition) is 6. The predicted molar refractivity (Wildman–Crippen MR) is 128 cm³/mol. The lowest BCUT2D eigenvalue weighted by Crippen LogP contribution is -2.36. The van der Waals surface area contributed by atoms with E-state index in [1.54, 1.807) is 30.7 Å². The molecule has 4 aromatic rings. The number of benzene rings is 1. The van der Waals surface area contributed by atoms with Gasteiger partial charge in [0.15, 0.2) is 0 Å². The number of aryl methyl sites for hydroxylation is 2. The quantitative estimate of drug-likeness (QED) is 0.319. The number of aromatic amines is 2. The number of imidazole rings is 2. The molecule has 4 rings (SSSR count). The summed E-state index contributed by atoms with van der Waals surface area (Å²) in [6.07, 6.45) is 4.64. The van der Waals surface area contributed by atoms with Gasteiger partial charge >= 0.3 is 5.97 Å². The molecule has 1 atom stereocenters. The van der Waals surface area contributed by atoms with Crippen LogP contribution in [0.25, 0.3) is 11.3 Å². The van der Waals surface area contributed by atoms with Gasteiger partial charge in [-0.25, -0.2) is 14.8 Å².